The Hall–Kier alpha value is -2.48. The summed E-state index contributed by atoms with van der Waals surface area (Å²) in [6.45, 7) is 2.69. The number of rotatable bonds is 3. The van der Waals surface area contributed by atoms with Gasteiger partial charge in [0.2, 0.25) is 11.9 Å². The number of amides is 1. The first kappa shape index (κ1) is 15.4. The molecule has 9 heteroatoms. The van der Waals surface area contributed by atoms with Crippen LogP contribution >= 0.6 is 11.6 Å². The summed E-state index contributed by atoms with van der Waals surface area (Å²) in [5.41, 5.74) is 6.20. The van der Waals surface area contributed by atoms with E-state index in [0.717, 1.165) is 11.4 Å². The van der Waals surface area contributed by atoms with Gasteiger partial charge in [-0.3, -0.25) is 4.79 Å². The summed E-state index contributed by atoms with van der Waals surface area (Å²) in [5.74, 6) is 1.03. The van der Waals surface area contributed by atoms with E-state index < -0.39 is 0 Å². The summed E-state index contributed by atoms with van der Waals surface area (Å²) in [4.78, 5) is 24.0. The van der Waals surface area contributed by atoms with E-state index in [1.165, 1.54) is 0 Å². The molecule has 0 bridgehead atoms. The average molecular weight is 334 g/mol. The number of nitrogens with zero attached hydrogens (tertiary/aromatic N) is 6. The van der Waals surface area contributed by atoms with Crippen LogP contribution in [0.15, 0.2) is 24.5 Å². The summed E-state index contributed by atoms with van der Waals surface area (Å²) in [7, 11) is 0. The highest BCUT2D eigenvalue weighted by atomic mass is 35.5. The summed E-state index contributed by atoms with van der Waals surface area (Å²) >= 11 is 5.74. The van der Waals surface area contributed by atoms with Gasteiger partial charge in [0.1, 0.15) is 0 Å². The molecule has 1 aliphatic rings. The van der Waals surface area contributed by atoms with E-state index in [1.54, 1.807) is 18.5 Å². The van der Waals surface area contributed by atoms with E-state index in [2.05, 4.69) is 25.1 Å². The van der Waals surface area contributed by atoms with E-state index in [4.69, 9.17) is 17.3 Å². The first-order valence-electron chi connectivity index (χ1n) is 7.20. The third-order valence-corrected chi connectivity index (χ3v) is 3.86. The Bertz CT molecular complexity index is 669. The van der Waals surface area contributed by atoms with E-state index in [0.29, 0.717) is 31.3 Å². The highest BCUT2D eigenvalue weighted by Crippen LogP contribution is 2.15. The average Bonchev–Trinajstić information content (AvgIpc) is 2.58. The van der Waals surface area contributed by atoms with Crippen molar-refractivity contribution in [1.29, 1.82) is 0 Å². The van der Waals surface area contributed by atoms with Gasteiger partial charge in [-0.15, -0.1) is 10.2 Å². The molecule has 0 saturated carbocycles. The van der Waals surface area contributed by atoms with Crippen molar-refractivity contribution in [3.8, 4) is 0 Å². The number of carbonyl (C=O) groups excluding carboxylic acids is 1. The second-order valence-electron chi connectivity index (χ2n) is 5.21. The Kier molecular flexibility index (Phi) is 4.52. The number of nitrogen functional groups attached to an aromatic ring is 1. The van der Waals surface area contributed by atoms with Crippen LogP contribution in [-0.4, -0.2) is 57.2 Å². The maximum absolute atomic E-state index is 12.3. The molecule has 2 N–H and O–H groups in total. The SMILES string of the molecule is Nc1ncc(CC(=O)N2CCN(c3ccc(Cl)nn3)CC2)cn1. The van der Waals surface area contributed by atoms with Crippen molar-refractivity contribution in [1.82, 2.24) is 25.1 Å². The largest absolute Gasteiger partial charge is 0.368 e. The Morgan fingerprint density at radius 2 is 1.83 bits per heavy atom. The predicted molar refractivity (Wildman–Crippen MR) is 86.0 cm³/mol. The Morgan fingerprint density at radius 1 is 1.13 bits per heavy atom. The molecule has 1 saturated heterocycles. The number of piperazine rings is 1. The van der Waals surface area contributed by atoms with Crippen LogP contribution in [-0.2, 0) is 11.2 Å². The molecule has 0 aliphatic carbocycles. The van der Waals surface area contributed by atoms with Crippen molar-refractivity contribution in [2.24, 2.45) is 0 Å². The predicted octanol–water partition coefficient (Wildman–Crippen LogP) is 0.393. The van der Waals surface area contributed by atoms with Gasteiger partial charge in [0, 0.05) is 38.6 Å². The van der Waals surface area contributed by atoms with Gasteiger partial charge in [-0.05, 0) is 17.7 Å². The van der Waals surface area contributed by atoms with Crippen LogP contribution in [0.2, 0.25) is 5.15 Å². The fourth-order valence-corrected chi connectivity index (χ4v) is 2.51. The monoisotopic (exact) mass is 333 g/mol. The molecule has 120 valence electrons. The van der Waals surface area contributed by atoms with Crippen molar-refractivity contribution < 1.29 is 4.79 Å². The molecule has 0 radical (unpaired) electrons. The summed E-state index contributed by atoms with van der Waals surface area (Å²) in [6.07, 6.45) is 3.45. The van der Waals surface area contributed by atoms with E-state index in [-0.39, 0.29) is 18.3 Å². The van der Waals surface area contributed by atoms with Gasteiger partial charge in [0.05, 0.1) is 6.42 Å². The van der Waals surface area contributed by atoms with Crippen molar-refractivity contribution in [2.75, 3.05) is 36.8 Å². The van der Waals surface area contributed by atoms with Crippen LogP contribution in [0.4, 0.5) is 11.8 Å². The van der Waals surface area contributed by atoms with Gasteiger partial charge >= 0.3 is 0 Å². The number of hydrogen-bond donors (Lipinski definition) is 1. The Labute approximate surface area is 138 Å². The molecule has 0 unspecified atom stereocenters. The Morgan fingerprint density at radius 3 is 2.43 bits per heavy atom. The standard InChI is InChI=1S/C14H16ClN7O/c15-11-1-2-12(20-19-11)21-3-5-22(6-4-21)13(23)7-10-8-17-14(16)18-9-10/h1-2,8-9H,3-7H2,(H2,16,17,18). The fraction of sp³-hybridized carbons (Fsp3) is 0.357. The Balaban J connectivity index is 1.54. The molecule has 0 atom stereocenters. The maximum Gasteiger partial charge on any atom is 0.227 e. The zero-order valence-electron chi connectivity index (χ0n) is 12.4. The van der Waals surface area contributed by atoms with E-state index >= 15 is 0 Å². The number of nitrogens with two attached hydrogens (primary N) is 1. The lowest BCUT2D eigenvalue weighted by Gasteiger charge is -2.35. The van der Waals surface area contributed by atoms with Gasteiger partial charge < -0.3 is 15.5 Å². The molecule has 1 aliphatic heterocycles. The molecular weight excluding hydrogens is 318 g/mol. The van der Waals surface area contributed by atoms with Crippen molar-refractivity contribution >= 4 is 29.3 Å². The van der Waals surface area contributed by atoms with Crippen LogP contribution in [0.25, 0.3) is 0 Å². The fourth-order valence-electron chi connectivity index (χ4n) is 2.41. The molecule has 2 aromatic heterocycles. The summed E-state index contributed by atoms with van der Waals surface area (Å²) in [6, 6.07) is 3.54. The quantitative estimate of drug-likeness (QED) is 0.867. The smallest absolute Gasteiger partial charge is 0.227 e. The van der Waals surface area contributed by atoms with Gasteiger partial charge in [-0.25, -0.2) is 9.97 Å². The number of anilines is 2. The first-order chi connectivity index (χ1) is 11.1. The van der Waals surface area contributed by atoms with E-state index in [1.807, 2.05) is 11.0 Å². The number of aromatic nitrogens is 4. The number of carbonyl (C=O) groups is 1. The molecular formula is C14H16ClN7O. The summed E-state index contributed by atoms with van der Waals surface area (Å²) in [5, 5.41) is 8.27. The molecule has 3 heterocycles. The van der Waals surface area contributed by atoms with Gasteiger partial charge in [-0.2, -0.15) is 0 Å². The van der Waals surface area contributed by atoms with Crippen LogP contribution < -0.4 is 10.6 Å². The van der Waals surface area contributed by atoms with Crippen LogP contribution in [0.3, 0.4) is 0 Å². The van der Waals surface area contributed by atoms with E-state index in [9.17, 15) is 4.79 Å². The lowest BCUT2D eigenvalue weighted by molar-refractivity contribution is -0.130. The minimum absolute atomic E-state index is 0.0558. The zero-order chi connectivity index (χ0) is 16.2. The lowest BCUT2D eigenvalue weighted by Crippen LogP contribution is -2.49. The third kappa shape index (κ3) is 3.84. The third-order valence-electron chi connectivity index (χ3n) is 3.65. The topological polar surface area (TPSA) is 101 Å². The molecule has 1 amide bonds. The molecule has 23 heavy (non-hydrogen) atoms. The summed E-state index contributed by atoms with van der Waals surface area (Å²) < 4.78 is 0. The molecule has 0 spiro atoms. The van der Waals surface area contributed by atoms with Crippen molar-refractivity contribution in [3.63, 3.8) is 0 Å². The van der Waals surface area contributed by atoms with Gasteiger partial charge in [0.25, 0.3) is 0 Å². The number of hydrogen-bond acceptors (Lipinski definition) is 7. The molecule has 8 nitrogen and oxygen atoms in total. The van der Waals surface area contributed by atoms with Gasteiger partial charge in [0.15, 0.2) is 11.0 Å². The second kappa shape index (κ2) is 6.74. The minimum Gasteiger partial charge on any atom is -0.368 e. The van der Waals surface area contributed by atoms with Crippen LogP contribution in [0.5, 0.6) is 0 Å². The zero-order valence-corrected chi connectivity index (χ0v) is 13.1. The van der Waals surface area contributed by atoms with Crippen molar-refractivity contribution in [2.45, 2.75) is 6.42 Å². The number of halogens is 1. The molecule has 1 fully saturated rings. The first-order valence-corrected chi connectivity index (χ1v) is 7.58. The normalized spacial score (nSPS) is 14.8. The highest BCUT2D eigenvalue weighted by molar-refractivity contribution is 6.29. The van der Waals surface area contributed by atoms with Crippen LogP contribution in [0.1, 0.15) is 5.56 Å². The van der Waals surface area contributed by atoms with Crippen molar-refractivity contribution in [3.05, 3.63) is 35.2 Å². The second-order valence-corrected chi connectivity index (χ2v) is 5.60. The molecule has 3 rings (SSSR count). The minimum atomic E-state index is 0.0558. The van der Waals surface area contributed by atoms with Crippen LogP contribution in [0, 0.1) is 0 Å². The van der Waals surface area contributed by atoms with Gasteiger partial charge in [-0.1, -0.05) is 11.6 Å². The molecule has 2 aromatic rings. The highest BCUT2D eigenvalue weighted by Gasteiger charge is 2.22. The maximum atomic E-state index is 12.3. The molecule has 0 aromatic carbocycles. The lowest BCUT2D eigenvalue weighted by atomic mass is 10.2.